The van der Waals surface area contributed by atoms with Crippen molar-refractivity contribution in [2.75, 3.05) is 11.1 Å². The van der Waals surface area contributed by atoms with Crippen molar-refractivity contribution in [3.05, 3.63) is 52.3 Å². The van der Waals surface area contributed by atoms with Crippen LogP contribution in [0.3, 0.4) is 0 Å². The Hall–Kier alpha value is -2.70. The Kier molecular flexibility index (Phi) is 3.56. The largest absolute Gasteiger partial charge is 0.384 e. The van der Waals surface area contributed by atoms with Crippen molar-refractivity contribution in [3.63, 3.8) is 0 Å². The van der Waals surface area contributed by atoms with Crippen LogP contribution in [0.1, 0.15) is 18.5 Å². The average molecular weight is 259 g/mol. The second-order valence-corrected chi connectivity index (χ2v) is 4.01. The first kappa shape index (κ1) is 12.7. The van der Waals surface area contributed by atoms with Gasteiger partial charge in [0.2, 0.25) is 5.82 Å². The topological polar surface area (TPSA) is 107 Å². The van der Waals surface area contributed by atoms with Crippen LogP contribution in [0.4, 0.5) is 17.3 Å². The number of anilines is 2. The van der Waals surface area contributed by atoms with Gasteiger partial charge in [0.25, 0.3) is 0 Å². The molecule has 0 bridgehead atoms. The van der Waals surface area contributed by atoms with E-state index in [0.717, 1.165) is 5.56 Å². The summed E-state index contributed by atoms with van der Waals surface area (Å²) in [5.41, 5.74) is 6.35. The first-order valence-electron chi connectivity index (χ1n) is 5.65. The molecule has 2 rings (SSSR count). The Bertz CT molecular complexity index is 588. The summed E-state index contributed by atoms with van der Waals surface area (Å²) in [4.78, 5) is 18.4. The maximum atomic E-state index is 10.9. The van der Waals surface area contributed by atoms with Crippen molar-refractivity contribution in [1.29, 1.82) is 0 Å². The van der Waals surface area contributed by atoms with E-state index in [2.05, 4.69) is 15.3 Å². The number of nitrogens with one attached hydrogen (secondary N) is 1. The average Bonchev–Trinajstić information content (AvgIpc) is 2.39. The molecule has 0 aliphatic heterocycles. The number of nitrogens with two attached hydrogens (primary N) is 1. The molecule has 0 radical (unpaired) electrons. The second-order valence-electron chi connectivity index (χ2n) is 4.01. The van der Waals surface area contributed by atoms with Gasteiger partial charge in [-0.3, -0.25) is 15.1 Å². The summed E-state index contributed by atoms with van der Waals surface area (Å²) in [5, 5.41) is 13.9. The van der Waals surface area contributed by atoms with Crippen molar-refractivity contribution in [3.8, 4) is 0 Å². The predicted octanol–water partition coefficient (Wildman–Crippen LogP) is 2.14. The molecule has 7 heteroatoms. The quantitative estimate of drug-likeness (QED) is 0.643. The summed E-state index contributed by atoms with van der Waals surface area (Å²) >= 11 is 0. The zero-order chi connectivity index (χ0) is 13.8. The summed E-state index contributed by atoms with van der Waals surface area (Å²) in [6.45, 7) is 1.87. The van der Waals surface area contributed by atoms with E-state index in [4.69, 9.17) is 5.73 Å². The summed E-state index contributed by atoms with van der Waals surface area (Å²) < 4.78 is 0. The first-order chi connectivity index (χ1) is 9.08. The third-order valence-corrected chi connectivity index (χ3v) is 2.63. The van der Waals surface area contributed by atoms with E-state index in [0.29, 0.717) is 0 Å². The smallest absolute Gasteiger partial charge is 0.311 e. The third-order valence-electron chi connectivity index (χ3n) is 2.63. The zero-order valence-corrected chi connectivity index (χ0v) is 10.3. The minimum Gasteiger partial charge on any atom is -0.384 e. The Labute approximate surface area is 109 Å². The number of hydrogen-bond acceptors (Lipinski definition) is 6. The van der Waals surface area contributed by atoms with Gasteiger partial charge in [-0.25, -0.2) is 4.98 Å². The first-order valence-corrected chi connectivity index (χ1v) is 5.65. The van der Waals surface area contributed by atoms with Gasteiger partial charge in [0, 0.05) is 18.5 Å². The van der Waals surface area contributed by atoms with Crippen molar-refractivity contribution >= 4 is 17.3 Å². The number of pyridine rings is 2. The lowest BCUT2D eigenvalue weighted by atomic mass is 10.1. The van der Waals surface area contributed by atoms with Crippen LogP contribution in [0.15, 0.2) is 36.7 Å². The predicted molar refractivity (Wildman–Crippen MR) is 71.6 cm³/mol. The lowest BCUT2D eigenvalue weighted by molar-refractivity contribution is -0.384. The zero-order valence-electron chi connectivity index (χ0n) is 10.3. The summed E-state index contributed by atoms with van der Waals surface area (Å²) in [6.07, 6.45) is 3.35. The highest BCUT2D eigenvalue weighted by Gasteiger charge is 2.17. The monoisotopic (exact) mass is 259 g/mol. The van der Waals surface area contributed by atoms with Crippen LogP contribution in [0.25, 0.3) is 0 Å². The van der Waals surface area contributed by atoms with Crippen LogP contribution in [0.2, 0.25) is 0 Å². The molecule has 0 aliphatic carbocycles. The molecule has 0 spiro atoms. The fraction of sp³-hybridized carbons (Fsp3) is 0.167. The molecule has 3 N–H and O–H groups in total. The van der Waals surface area contributed by atoms with Crippen LogP contribution < -0.4 is 11.1 Å². The van der Waals surface area contributed by atoms with E-state index >= 15 is 0 Å². The van der Waals surface area contributed by atoms with E-state index in [-0.39, 0.29) is 23.4 Å². The molecule has 1 atom stereocenters. The van der Waals surface area contributed by atoms with E-state index in [1.165, 1.54) is 12.1 Å². The van der Waals surface area contributed by atoms with Gasteiger partial charge < -0.3 is 11.1 Å². The Morgan fingerprint density at radius 2 is 2.21 bits per heavy atom. The third kappa shape index (κ3) is 2.95. The SMILES string of the molecule is CC(Nc1nc(N)ccc1[N+](=O)[O-])c1cccnc1. The molecule has 0 amide bonds. The standard InChI is InChI=1S/C12H13N5O2/c1-8(9-3-2-6-14-7-9)15-12-10(17(18)19)4-5-11(13)16-12/h2-8H,1H3,(H3,13,15,16). The minimum absolute atomic E-state index is 0.107. The van der Waals surface area contributed by atoms with E-state index in [1.54, 1.807) is 18.5 Å². The van der Waals surface area contributed by atoms with E-state index < -0.39 is 4.92 Å². The van der Waals surface area contributed by atoms with Gasteiger partial charge in [-0.1, -0.05) is 6.07 Å². The molecule has 2 aromatic heterocycles. The fourth-order valence-electron chi connectivity index (χ4n) is 1.64. The molecule has 0 saturated carbocycles. The number of nitro groups is 1. The van der Waals surface area contributed by atoms with Crippen LogP contribution in [-0.2, 0) is 0 Å². The van der Waals surface area contributed by atoms with Gasteiger partial charge in [-0.2, -0.15) is 0 Å². The molecule has 0 saturated heterocycles. The van der Waals surface area contributed by atoms with Crippen LogP contribution in [-0.4, -0.2) is 14.9 Å². The minimum atomic E-state index is -0.495. The van der Waals surface area contributed by atoms with Gasteiger partial charge in [0.15, 0.2) is 0 Å². The Balaban J connectivity index is 2.28. The van der Waals surface area contributed by atoms with Crippen molar-refractivity contribution in [2.24, 2.45) is 0 Å². The number of nitrogens with zero attached hydrogens (tertiary/aromatic N) is 3. The Morgan fingerprint density at radius 3 is 2.84 bits per heavy atom. The molecule has 1 unspecified atom stereocenters. The molecule has 2 heterocycles. The number of aromatic nitrogens is 2. The highest BCUT2D eigenvalue weighted by atomic mass is 16.6. The molecule has 0 aromatic carbocycles. The maximum Gasteiger partial charge on any atom is 0.311 e. The van der Waals surface area contributed by atoms with E-state index in [1.807, 2.05) is 13.0 Å². The van der Waals surface area contributed by atoms with Gasteiger partial charge in [-0.05, 0) is 24.6 Å². The van der Waals surface area contributed by atoms with Gasteiger partial charge in [0.1, 0.15) is 5.82 Å². The molecule has 98 valence electrons. The highest BCUT2D eigenvalue weighted by Crippen LogP contribution is 2.26. The fourth-order valence-corrected chi connectivity index (χ4v) is 1.64. The van der Waals surface area contributed by atoms with Crippen LogP contribution >= 0.6 is 0 Å². The molecule has 0 aliphatic rings. The number of nitrogen functional groups attached to an aromatic ring is 1. The summed E-state index contributed by atoms with van der Waals surface area (Å²) in [7, 11) is 0. The molecular formula is C12H13N5O2. The molecular weight excluding hydrogens is 246 g/mol. The molecule has 2 aromatic rings. The van der Waals surface area contributed by atoms with Crippen molar-refractivity contribution in [2.45, 2.75) is 13.0 Å². The summed E-state index contributed by atoms with van der Waals surface area (Å²) in [6, 6.07) is 6.25. The lowest BCUT2D eigenvalue weighted by Crippen LogP contribution is -2.10. The highest BCUT2D eigenvalue weighted by molar-refractivity contribution is 5.60. The number of hydrogen-bond donors (Lipinski definition) is 2. The Morgan fingerprint density at radius 1 is 1.42 bits per heavy atom. The second kappa shape index (κ2) is 5.30. The lowest BCUT2D eigenvalue weighted by Gasteiger charge is -2.14. The molecule has 19 heavy (non-hydrogen) atoms. The molecule has 7 nitrogen and oxygen atoms in total. The van der Waals surface area contributed by atoms with Crippen LogP contribution in [0, 0.1) is 10.1 Å². The van der Waals surface area contributed by atoms with Crippen molar-refractivity contribution in [1.82, 2.24) is 9.97 Å². The van der Waals surface area contributed by atoms with Crippen molar-refractivity contribution < 1.29 is 4.92 Å². The van der Waals surface area contributed by atoms with Gasteiger partial charge in [0.05, 0.1) is 11.0 Å². The van der Waals surface area contributed by atoms with Gasteiger partial charge in [-0.15, -0.1) is 0 Å². The summed E-state index contributed by atoms with van der Waals surface area (Å²) in [5.74, 6) is 0.382. The molecule has 0 fully saturated rings. The van der Waals surface area contributed by atoms with Crippen LogP contribution in [0.5, 0.6) is 0 Å². The van der Waals surface area contributed by atoms with Gasteiger partial charge >= 0.3 is 5.69 Å². The van der Waals surface area contributed by atoms with E-state index in [9.17, 15) is 10.1 Å². The number of rotatable bonds is 4. The normalized spacial score (nSPS) is 11.8. The maximum absolute atomic E-state index is 10.9.